The quantitative estimate of drug-likeness (QED) is 0.747. The summed E-state index contributed by atoms with van der Waals surface area (Å²) >= 11 is 0. The summed E-state index contributed by atoms with van der Waals surface area (Å²) in [5, 5.41) is 0. The van der Waals surface area contributed by atoms with E-state index < -0.39 is 5.41 Å². The standard InChI is InChI=1S/C21H19FN2O/c1-14-10-15(4-9-18(14)23-3)11-20(25)21(2)12-19(24-13-21)16-5-7-17(22)8-6-16/h4-10H,11-13H2,1-2H3. The predicted molar refractivity (Wildman–Crippen MR) is 96.7 cm³/mol. The molecule has 2 aromatic carbocycles. The number of aryl methyl sites for hydroxylation is 1. The van der Waals surface area contributed by atoms with Crippen molar-refractivity contribution in [3.63, 3.8) is 0 Å². The third-order valence-corrected chi connectivity index (χ3v) is 4.77. The van der Waals surface area contributed by atoms with Crippen LogP contribution in [0.15, 0.2) is 47.5 Å². The number of halogens is 1. The summed E-state index contributed by atoms with van der Waals surface area (Å²) in [6, 6.07) is 11.8. The summed E-state index contributed by atoms with van der Waals surface area (Å²) in [5.41, 5.74) is 3.62. The molecule has 1 aliphatic rings. The minimum atomic E-state index is -0.532. The zero-order chi connectivity index (χ0) is 18.0. The molecule has 4 heteroatoms. The Labute approximate surface area is 147 Å². The van der Waals surface area contributed by atoms with Gasteiger partial charge in [-0.05, 0) is 35.7 Å². The van der Waals surface area contributed by atoms with E-state index in [0.29, 0.717) is 25.1 Å². The minimum absolute atomic E-state index is 0.142. The lowest BCUT2D eigenvalue weighted by molar-refractivity contribution is -0.126. The highest BCUT2D eigenvalue weighted by Crippen LogP contribution is 2.33. The second-order valence-corrected chi connectivity index (χ2v) is 6.84. The van der Waals surface area contributed by atoms with Gasteiger partial charge in [0.2, 0.25) is 0 Å². The summed E-state index contributed by atoms with van der Waals surface area (Å²) in [7, 11) is 0. The molecule has 0 N–H and O–H groups in total. The van der Waals surface area contributed by atoms with E-state index in [4.69, 9.17) is 6.57 Å². The first-order chi connectivity index (χ1) is 11.9. The van der Waals surface area contributed by atoms with Gasteiger partial charge in [0.15, 0.2) is 5.69 Å². The lowest BCUT2D eigenvalue weighted by Crippen LogP contribution is -2.30. The third kappa shape index (κ3) is 3.51. The Hall–Kier alpha value is -2.80. The Morgan fingerprint density at radius 1 is 1.28 bits per heavy atom. The molecule has 0 saturated carbocycles. The molecular weight excluding hydrogens is 315 g/mol. The van der Waals surface area contributed by atoms with E-state index >= 15 is 0 Å². The monoisotopic (exact) mass is 334 g/mol. The van der Waals surface area contributed by atoms with Crippen LogP contribution in [0.5, 0.6) is 0 Å². The summed E-state index contributed by atoms with van der Waals surface area (Å²) in [6.07, 6.45) is 0.901. The SMILES string of the molecule is [C-]#[N+]c1ccc(CC(=O)C2(C)CN=C(c3ccc(F)cc3)C2)cc1C. The molecule has 0 aliphatic carbocycles. The molecule has 1 unspecified atom stereocenters. The van der Waals surface area contributed by atoms with Crippen molar-refractivity contribution in [2.24, 2.45) is 10.4 Å². The van der Waals surface area contributed by atoms with Crippen molar-refractivity contribution in [2.45, 2.75) is 26.7 Å². The Bertz CT molecular complexity index is 893. The van der Waals surface area contributed by atoms with Crippen LogP contribution in [0.4, 0.5) is 10.1 Å². The third-order valence-electron chi connectivity index (χ3n) is 4.77. The molecule has 3 nitrogen and oxygen atoms in total. The highest BCUT2D eigenvalue weighted by atomic mass is 19.1. The topological polar surface area (TPSA) is 33.8 Å². The van der Waals surface area contributed by atoms with Crippen molar-refractivity contribution in [1.29, 1.82) is 0 Å². The van der Waals surface area contributed by atoms with Gasteiger partial charge in [0, 0.05) is 18.6 Å². The number of benzene rings is 2. The van der Waals surface area contributed by atoms with Crippen LogP contribution in [-0.2, 0) is 11.2 Å². The second-order valence-electron chi connectivity index (χ2n) is 6.84. The Morgan fingerprint density at radius 3 is 2.64 bits per heavy atom. The maximum absolute atomic E-state index is 13.1. The maximum Gasteiger partial charge on any atom is 0.190 e. The second kappa shape index (κ2) is 6.60. The van der Waals surface area contributed by atoms with Crippen LogP contribution in [-0.4, -0.2) is 18.0 Å². The molecule has 2 aromatic rings. The van der Waals surface area contributed by atoms with Crippen molar-refractivity contribution < 1.29 is 9.18 Å². The van der Waals surface area contributed by atoms with E-state index in [-0.39, 0.29) is 11.6 Å². The van der Waals surface area contributed by atoms with E-state index in [0.717, 1.165) is 22.4 Å². The van der Waals surface area contributed by atoms with Crippen LogP contribution >= 0.6 is 0 Å². The molecule has 0 radical (unpaired) electrons. The van der Waals surface area contributed by atoms with E-state index in [1.54, 1.807) is 18.2 Å². The van der Waals surface area contributed by atoms with Crippen molar-refractivity contribution in [3.05, 3.63) is 76.4 Å². The van der Waals surface area contributed by atoms with Gasteiger partial charge in [0.1, 0.15) is 11.6 Å². The predicted octanol–water partition coefficient (Wildman–Crippen LogP) is 4.70. The molecule has 25 heavy (non-hydrogen) atoms. The highest BCUT2D eigenvalue weighted by Gasteiger charge is 2.38. The summed E-state index contributed by atoms with van der Waals surface area (Å²) in [6.45, 7) is 11.4. The fourth-order valence-electron chi connectivity index (χ4n) is 3.13. The molecule has 0 spiro atoms. The Morgan fingerprint density at radius 2 is 2.00 bits per heavy atom. The van der Waals surface area contributed by atoms with Gasteiger partial charge < -0.3 is 0 Å². The fourth-order valence-corrected chi connectivity index (χ4v) is 3.13. The van der Waals surface area contributed by atoms with Gasteiger partial charge in [-0.2, -0.15) is 0 Å². The van der Waals surface area contributed by atoms with Gasteiger partial charge in [-0.15, -0.1) is 0 Å². The van der Waals surface area contributed by atoms with Gasteiger partial charge in [0.25, 0.3) is 0 Å². The Balaban J connectivity index is 1.72. The summed E-state index contributed by atoms with van der Waals surface area (Å²) < 4.78 is 13.1. The molecule has 0 amide bonds. The highest BCUT2D eigenvalue weighted by molar-refractivity contribution is 6.06. The number of rotatable bonds is 4. The molecule has 1 heterocycles. The van der Waals surface area contributed by atoms with Crippen LogP contribution in [0.3, 0.4) is 0 Å². The number of aliphatic imine (C=N–C) groups is 1. The van der Waals surface area contributed by atoms with Gasteiger partial charge in [0.05, 0.1) is 18.5 Å². The van der Waals surface area contributed by atoms with E-state index in [2.05, 4.69) is 9.84 Å². The number of Topliss-reactive ketones (excluding diaryl/α,β-unsaturated/α-hetero) is 1. The minimum Gasteiger partial charge on any atom is -0.299 e. The first-order valence-corrected chi connectivity index (χ1v) is 8.21. The lowest BCUT2D eigenvalue weighted by Gasteiger charge is -2.21. The van der Waals surface area contributed by atoms with Gasteiger partial charge >= 0.3 is 0 Å². The molecule has 126 valence electrons. The smallest absolute Gasteiger partial charge is 0.190 e. The molecule has 0 fully saturated rings. The van der Waals surface area contributed by atoms with Crippen molar-refractivity contribution in [2.75, 3.05) is 6.54 Å². The number of carbonyl (C=O) groups is 1. The lowest BCUT2D eigenvalue weighted by atomic mass is 9.79. The molecule has 0 bridgehead atoms. The van der Waals surface area contributed by atoms with Gasteiger partial charge in [-0.1, -0.05) is 37.3 Å². The largest absolute Gasteiger partial charge is 0.299 e. The van der Waals surface area contributed by atoms with E-state index in [1.807, 2.05) is 26.0 Å². The number of hydrogen-bond donors (Lipinski definition) is 0. The first kappa shape index (κ1) is 17.0. The van der Waals surface area contributed by atoms with Crippen LogP contribution < -0.4 is 0 Å². The van der Waals surface area contributed by atoms with Crippen LogP contribution in [0.1, 0.15) is 30.0 Å². The molecule has 1 aliphatic heterocycles. The molecule has 3 rings (SSSR count). The number of hydrogen-bond acceptors (Lipinski definition) is 2. The zero-order valence-corrected chi connectivity index (χ0v) is 14.3. The summed E-state index contributed by atoms with van der Waals surface area (Å²) in [5.74, 6) is -0.136. The zero-order valence-electron chi connectivity index (χ0n) is 14.3. The number of nitrogens with zero attached hydrogens (tertiary/aromatic N) is 2. The molecule has 0 aromatic heterocycles. The average molecular weight is 334 g/mol. The molecule has 0 saturated heterocycles. The van der Waals surface area contributed by atoms with Gasteiger partial charge in [-0.3, -0.25) is 9.79 Å². The maximum atomic E-state index is 13.1. The van der Waals surface area contributed by atoms with E-state index in [1.165, 1.54) is 12.1 Å². The number of carbonyl (C=O) groups excluding carboxylic acids is 1. The summed E-state index contributed by atoms with van der Waals surface area (Å²) in [4.78, 5) is 20.8. The van der Waals surface area contributed by atoms with Crippen molar-refractivity contribution in [1.82, 2.24) is 0 Å². The van der Waals surface area contributed by atoms with Crippen LogP contribution in [0, 0.1) is 24.7 Å². The first-order valence-electron chi connectivity index (χ1n) is 8.21. The number of ketones is 1. The van der Waals surface area contributed by atoms with Gasteiger partial charge in [-0.25, -0.2) is 9.24 Å². The van der Waals surface area contributed by atoms with Crippen molar-refractivity contribution >= 4 is 17.2 Å². The van der Waals surface area contributed by atoms with Crippen LogP contribution in [0.2, 0.25) is 0 Å². The molecular formula is C21H19FN2O. The normalized spacial score (nSPS) is 19.4. The fraction of sp³-hybridized carbons (Fsp3) is 0.286. The van der Waals surface area contributed by atoms with Crippen LogP contribution in [0.25, 0.3) is 4.85 Å². The van der Waals surface area contributed by atoms with E-state index in [9.17, 15) is 9.18 Å². The average Bonchev–Trinajstić information content (AvgIpc) is 2.99. The molecule has 1 atom stereocenters. The van der Waals surface area contributed by atoms with Crippen molar-refractivity contribution in [3.8, 4) is 0 Å². The Kier molecular flexibility index (Phi) is 4.50.